The van der Waals surface area contributed by atoms with Gasteiger partial charge in [-0.05, 0) is 59.3 Å². The Labute approximate surface area is 230 Å². The molecule has 200 valence electrons. The number of nitrogens with zero attached hydrogens (tertiary/aromatic N) is 5. The molecule has 3 aromatic rings. The van der Waals surface area contributed by atoms with Gasteiger partial charge in [-0.3, -0.25) is 14.7 Å². The number of nitrogens with two attached hydrogens (primary N) is 1. The van der Waals surface area contributed by atoms with Crippen LogP contribution in [0.25, 0.3) is 11.2 Å². The van der Waals surface area contributed by atoms with E-state index in [0.717, 1.165) is 9.99 Å². The lowest BCUT2D eigenvalue weighted by atomic mass is 10.1. The van der Waals surface area contributed by atoms with Gasteiger partial charge in [-0.25, -0.2) is 4.98 Å². The van der Waals surface area contributed by atoms with Crippen molar-refractivity contribution in [2.75, 3.05) is 5.73 Å². The highest BCUT2D eigenvalue weighted by Gasteiger charge is 2.44. The number of nitro groups is 1. The second kappa shape index (κ2) is 10.4. The molecule has 11 nitrogen and oxygen atoms in total. The lowest BCUT2D eigenvalue weighted by molar-refractivity contribution is -0.385. The minimum atomic E-state index is -1.99. The first-order chi connectivity index (χ1) is 17.3. The number of hydrogen-bond donors (Lipinski definition) is 1. The first kappa shape index (κ1) is 27.7. The molecule has 4 rings (SSSR count). The smallest absolute Gasteiger partial charge is 0.277 e. The minimum absolute atomic E-state index is 0.0143. The van der Waals surface area contributed by atoms with E-state index in [4.69, 9.17) is 19.6 Å². The normalized spacial score (nSPS) is 20.5. The fourth-order valence-corrected chi connectivity index (χ4v) is 5.94. The maximum Gasteiger partial charge on any atom is 0.277 e. The number of rotatable bonds is 8. The number of benzene rings is 1. The molecule has 0 bridgehead atoms. The van der Waals surface area contributed by atoms with Crippen LogP contribution >= 0.6 is 22.6 Å². The van der Waals surface area contributed by atoms with Crippen LogP contribution in [-0.2, 0) is 15.8 Å². The molecule has 0 aliphatic carbocycles. The van der Waals surface area contributed by atoms with E-state index >= 15 is 0 Å². The lowest BCUT2D eigenvalue weighted by Crippen LogP contribution is -2.45. The summed E-state index contributed by atoms with van der Waals surface area (Å²) in [7, 11) is -1.99. The third-order valence-corrected chi connectivity index (χ3v) is 12.3. The number of nitrogen functional groups attached to an aromatic ring is 1. The molecule has 0 amide bonds. The molecule has 1 unspecified atom stereocenters. The Morgan fingerprint density at radius 3 is 2.70 bits per heavy atom. The SMILES string of the molecule is CC[C@H]1O[C@@H](n2cnc3c(OCc4ccc(I)cc4[N+](=O)[O-])nc(N)nc32)CC1O[Si](C)(C)C(C)(C)C. The van der Waals surface area contributed by atoms with Gasteiger partial charge < -0.3 is 19.6 Å². The van der Waals surface area contributed by atoms with E-state index in [1.165, 1.54) is 6.07 Å². The molecule has 1 aliphatic rings. The highest BCUT2D eigenvalue weighted by atomic mass is 127. The van der Waals surface area contributed by atoms with Gasteiger partial charge in [0, 0.05) is 16.1 Å². The Morgan fingerprint density at radius 1 is 1.32 bits per heavy atom. The summed E-state index contributed by atoms with van der Waals surface area (Å²) in [6.07, 6.45) is 2.71. The summed E-state index contributed by atoms with van der Waals surface area (Å²) in [5.41, 5.74) is 7.31. The van der Waals surface area contributed by atoms with Crippen molar-refractivity contribution in [2.24, 2.45) is 0 Å². The molecule has 1 aliphatic heterocycles. The Bertz CT molecular complexity index is 1310. The number of aromatic nitrogens is 4. The van der Waals surface area contributed by atoms with Gasteiger partial charge in [-0.2, -0.15) is 9.97 Å². The van der Waals surface area contributed by atoms with E-state index in [0.29, 0.717) is 23.1 Å². The second-order valence-electron chi connectivity index (χ2n) is 10.7. The van der Waals surface area contributed by atoms with E-state index in [9.17, 15) is 10.1 Å². The highest BCUT2D eigenvalue weighted by Crippen LogP contribution is 2.42. The number of halogens is 1. The van der Waals surface area contributed by atoms with Crippen LogP contribution in [0.5, 0.6) is 5.88 Å². The van der Waals surface area contributed by atoms with Gasteiger partial charge in [0.05, 0.1) is 29.0 Å². The number of fused-ring (bicyclic) bond motifs is 1. The number of anilines is 1. The van der Waals surface area contributed by atoms with E-state index < -0.39 is 13.2 Å². The minimum Gasteiger partial charge on any atom is -0.471 e. The highest BCUT2D eigenvalue weighted by molar-refractivity contribution is 14.1. The molecule has 0 radical (unpaired) electrons. The molecule has 2 N–H and O–H groups in total. The van der Waals surface area contributed by atoms with Gasteiger partial charge in [0.15, 0.2) is 19.5 Å². The van der Waals surface area contributed by atoms with Crippen LogP contribution in [0.3, 0.4) is 0 Å². The van der Waals surface area contributed by atoms with Gasteiger partial charge in [-0.1, -0.05) is 27.7 Å². The summed E-state index contributed by atoms with van der Waals surface area (Å²) in [5, 5.41) is 11.6. The Kier molecular flexibility index (Phi) is 7.79. The van der Waals surface area contributed by atoms with Gasteiger partial charge in [-0.15, -0.1) is 0 Å². The van der Waals surface area contributed by atoms with Crippen molar-refractivity contribution in [1.82, 2.24) is 19.5 Å². The topological polar surface area (TPSA) is 140 Å². The fourth-order valence-electron chi connectivity index (χ4n) is 4.11. The Morgan fingerprint density at radius 2 is 2.05 bits per heavy atom. The zero-order valence-corrected chi connectivity index (χ0v) is 25.1. The van der Waals surface area contributed by atoms with E-state index in [1.807, 2.05) is 27.2 Å². The van der Waals surface area contributed by atoms with Crippen LogP contribution in [0.4, 0.5) is 11.6 Å². The quantitative estimate of drug-likeness (QED) is 0.144. The fraction of sp³-hybridized carbons (Fsp3) is 0.542. The number of nitro benzene ring substituents is 1. The first-order valence-corrected chi connectivity index (χ1v) is 16.2. The van der Waals surface area contributed by atoms with Gasteiger partial charge in [0.1, 0.15) is 12.8 Å². The van der Waals surface area contributed by atoms with Crippen molar-refractivity contribution in [1.29, 1.82) is 0 Å². The molecular formula is C24H33IN6O5Si. The molecule has 1 fully saturated rings. The van der Waals surface area contributed by atoms with Crippen LogP contribution in [0.2, 0.25) is 18.1 Å². The van der Waals surface area contributed by atoms with Crippen molar-refractivity contribution in [3.63, 3.8) is 0 Å². The molecule has 0 saturated carbocycles. The van der Waals surface area contributed by atoms with Crippen molar-refractivity contribution < 1.29 is 18.8 Å². The molecule has 3 atom stereocenters. The third kappa shape index (κ3) is 5.73. The molecule has 3 heterocycles. The first-order valence-electron chi connectivity index (χ1n) is 12.2. The largest absolute Gasteiger partial charge is 0.471 e. The molecule has 37 heavy (non-hydrogen) atoms. The predicted molar refractivity (Wildman–Crippen MR) is 151 cm³/mol. The van der Waals surface area contributed by atoms with E-state index in [-0.39, 0.29) is 47.6 Å². The summed E-state index contributed by atoms with van der Waals surface area (Å²) in [5.74, 6) is 0.175. The van der Waals surface area contributed by atoms with Crippen LogP contribution in [0, 0.1) is 13.7 Å². The average molecular weight is 641 g/mol. The molecule has 1 saturated heterocycles. The van der Waals surface area contributed by atoms with Crippen molar-refractivity contribution in [3.8, 4) is 5.88 Å². The monoisotopic (exact) mass is 640 g/mol. The Hall–Kier alpha value is -2.36. The molecular weight excluding hydrogens is 607 g/mol. The van der Waals surface area contributed by atoms with Gasteiger partial charge in [0.25, 0.3) is 5.69 Å². The summed E-state index contributed by atoms with van der Waals surface area (Å²) in [6, 6.07) is 4.95. The van der Waals surface area contributed by atoms with E-state index in [1.54, 1.807) is 18.5 Å². The number of imidazole rings is 1. The molecule has 2 aromatic heterocycles. The summed E-state index contributed by atoms with van der Waals surface area (Å²) >= 11 is 2.03. The Balaban J connectivity index is 1.59. The van der Waals surface area contributed by atoms with Gasteiger partial charge in [0.2, 0.25) is 11.8 Å². The number of hydrogen-bond acceptors (Lipinski definition) is 9. The predicted octanol–water partition coefficient (Wildman–Crippen LogP) is 5.59. The number of ether oxygens (including phenoxy) is 2. The standard InChI is InChI=1S/C24H33IN6O5Si/c1-7-17-18(36-37(5,6)24(2,3)4)11-19(35-17)30-13-27-20-21(30)28-23(26)29-22(20)34-12-14-8-9-15(25)10-16(14)31(32)33/h8-10,13,17-19H,7,11-12H2,1-6H3,(H2,26,28,29)/t17-,18?,19-/m1/s1. The third-order valence-electron chi connectivity index (χ3n) is 7.16. The average Bonchev–Trinajstić information content (AvgIpc) is 3.40. The summed E-state index contributed by atoms with van der Waals surface area (Å²) in [6.45, 7) is 13.2. The van der Waals surface area contributed by atoms with Crippen LogP contribution in [-0.4, -0.2) is 45.0 Å². The van der Waals surface area contributed by atoms with E-state index in [2.05, 4.69) is 55.7 Å². The zero-order chi connectivity index (χ0) is 27.1. The molecule has 13 heteroatoms. The van der Waals surface area contributed by atoms with Crippen molar-refractivity contribution in [2.45, 2.75) is 83.7 Å². The van der Waals surface area contributed by atoms with Crippen LogP contribution in [0.15, 0.2) is 24.5 Å². The zero-order valence-electron chi connectivity index (χ0n) is 21.9. The summed E-state index contributed by atoms with van der Waals surface area (Å²) in [4.78, 5) is 24.2. The summed E-state index contributed by atoms with van der Waals surface area (Å²) < 4.78 is 21.6. The van der Waals surface area contributed by atoms with Crippen LogP contribution in [0.1, 0.15) is 52.3 Å². The second-order valence-corrected chi connectivity index (χ2v) is 16.7. The van der Waals surface area contributed by atoms with Crippen LogP contribution < -0.4 is 10.5 Å². The molecule has 0 spiro atoms. The van der Waals surface area contributed by atoms with Gasteiger partial charge >= 0.3 is 0 Å². The van der Waals surface area contributed by atoms with Crippen molar-refractivity contribution >= 4 is 53.7 Å². The maximum atomic E-state index is 11.5. The maximum absolute atomic E-state index is 11.5. The molecule has 1 aromatic carbocycles. The lowest BCUT2D eigenvalue weighted by Gasteiger charge is -2.39. The van der Waals surface area contributed by atoms with Crippen molar-refractivity contribution in [3.05, 3.63) is 43.8 Å².